The molecule has 0 radical (unpaired) electrons. The fraction of sp³-hybridized carbons (Fsp3) is 0.400. The minimum absolute atomic E-state index is 0.205. The van der Waals surface area contributed by atoms with Crippen molar-refractivity contribution >= 4 is 21.6 Å². The molecule has 0 aliphatic heterocycles. The van der Waals surface area contributed by atoms with E-state index in [9.17, 15) is 4.39 Å². The highest BCUT2D eigenvalue weighted by molar-refractivity contribution is 9.10. The molecule has 13 heavy (non-hydrogen) atoms. The summed E-state index contributed by atoms with van der Waals surface area (Å²) in [5.41, 5.74) is 0.558. The molecule has 1 aromatic rings. The maximum absolute atomic E-state index is 13.1. The lowest BCUT2D eigenvalue weighted by Gasteiger charge is -2.09. The molecule has 0 saturated heterocycles. The van der Waals surface area contributed by atoms with Gasteiger partial charge in [0.2, 0.25) is 0 Å². The molecule has 0 atom stereocenters. The molecule has 0 heterocycles. The number of nitrogens with one attached hydrogen (secondary N) is 1. The molecular weight excluding hydrogens is 233 g/mol. The SMILES string of the molecule is CC(C)CNc1cc(Br)ccc1F. The molecule has 72 valence electrons. The standard InChI is InChI=1S/C10H13BrFN/c1-7(2)6-13-10-5-8(11)3-4-9(10)12/h3-5,7,13H,6H2,1-2H3. The van der Waals surface area contributed by atoms with Crippen LogP contribution in [0.15, 0.2) is 22.7 Å². The Kier molecular flexibility index (Phi) is 3.72. The van der Waals surface area contributed by atoms with Crippen molar-refractivity contribution in [2.45, 2.75) is 13.8 Å². The lowest BCUT2D eigenvalue weighted by atomic mass is 10.2. The Morgan fingerprint density at radius 1 is 1.46 bits per heavy atom. The number of rotatable bonds is 3. The van der Waals surface area contributed by atoms with Crippen LogP contribution >= 0.6 is 15.9 Å². The lowest BCUT2D eigenvalue weighted by molar-refractivity contribution is 0.623. The molecule has 0 saturated carbocycles. The van der Waals surface area contributed by atoms with Gasteiger partial charge in [-0.3, -0.25) is 0 Å². The first kappa shape index (κ1) is 10.5. The van der Waals surface area contributed by atoms with Gasteiger partial charge in [0, 0.05) is 11.0 Å². The molecule has 0 aromatic heterocycles. The number of hydrogen-bond donors (Lipinski definition) is 1. The Morgan fingerprint density at radius 3 is 2.77 bits per heavy atom. The Balaban J connectivity index is 2.70. The second-order valence-electron chi connectivity index (χ2n) is 3.40. The number of benzene rings is 1. The zero-order valence-corrected chi connectivity index (χ0v) is 9.36. The largest absolute Gasteiger partial charge is 0.382 e. The van der Waals surface area contributed by atoms with Gasteiger partial charge in [0.25, 0.3) is 0 Å². The van der Waals surface area contributed by atoms with Crippen molar-refractivity contribution in [1.29, 1.82) is 0 Å². The second kappa shape index (κ2) is 4.61. The van der Waals surface area contributed by atoms with Crippen LogP contribution in [0, 0.1) is 11.7 Å². The van der Waals surface area contributed by atoms with Gasteiger partial charge in [0.1, 0.15) is 5.82 Å². The highest BCUT2D eigenvalue weighted by Crippen LogP contribution is 2.20. The molecule has 1 N–H and O–H groups in total. The van der Waals surface area contributed by atoms with Crippen LogP contribution in [-0.4, -0.2) is 6.54 Å². The topological polar surface area (TPSA) is 12.0 Å². The highest BCUT2D eigenvalue weighted by atomic mass is 79.9. The minimum atomic E-state index is -0.205. The third kappa shape index (κ3) is 3.35. The van der Waals surface area contributed by atoms with Crippen LogP contribution in [-0.2, 0) is 0 Å². The summed E-state index contributed by atoms with van der Waals surface area (Å²) in [5, 5.41) is 3.05. The Morgan fingerprint density at radius 2 is 2.15 bits per heavy atom. The van der Waals surface area contributed by atoms with E-state index in [-0.39, 0.29) is 5.82 Å². The average molecular weight is 246 g/mol. The van der Waals surface area contributed by atoms with Crippen molar-refractivity contribution in [2.75, 3.05) is 11.9 Å². The van der Waals surface area contributed by atoms with Gasteiger partial charge >= 0.3 is 0 Å². The van der Waals surface area contributed by atoms with E-state index in [1.54, 1.807) is 12.1 Å². The first-order chi connectivity index (χ1) is 6.09. The molecule has 3 heteroatoms. The van der Waals surface area contributed by atoms with E-state index in [1.165, 1.54) is 6.07 Å². The minimum Gasteiger partial charge on any atom is -0.382 e. The maximum Gasteiger partial charge on any atom is 0.146 e. The fourth-order valence-electron chi connectivity index (χ4n) is 0.947. The van der Waals surface area contributed by atoms with Crippen LogP contribution in [0.5, 0.6) is 0 Å². The van der Waals surface area contributed by atoms with Crippen molar-refractivity contribution < 1.29 is 4.39 Å². The molecule has 0 amide bonds. The van der Waals surface area contributed by atoms with Crippen LogP contribution in [0.25, 0.3) is 0 Å². The van der Waals surface area contributed by atoms with Crippen molar-refractivity contribution in [1.82, 2.24) is 0 Å². The van der Waals surface area contributed by atoms with Crippen molar-refractivity contribution in [3.05, 3.63) is 28.5 Å². The highest BCUT2D eigenvalue weighted by Gasteiger charge is 2.02. The van der Waals surface area contributed by atoms with Crippen LogP contribution in [0.4, 0.5) is 10.1 Å². The van der Waals surface area contributed by atoms with E-state index >= 15 is 0 Å². The zero-order chi connectivity index (χ0) is 9.84. The maximum atomic E-state index is 13.1. The Hall–Kier alpha value is -0.570. The van der Waals surface area contributed by atoms with Crippen LogP contribution in [0.3, 0.4) is 0 Å². The van der Waals surface area contributed by atoms with Crippen LogP contribution in [0.2, 0.25) is 0 Å². The van der Waals surface area contributed by atoms with Gasteiger partial charge in [-0.25, -0.2) is 4.39 Å². The van der Waals surface area contributed by atoms with E-state index in [2.05, 4.69) is 35.1 Å². The van der Waals surface area contributed by atoms with E-state index in [1.807, 2.05) is 0 Å². The third-order valence-electron chi connectivity index (χ3n) is 1.63. The van der Waals surface area contributed by atoms with Crippen LogP contribution < -0.4 is 5.32 Å². The molecular formula is C10H13BrFN. The Labute approximate surface area is 86.5 Å². The number of anilines is 1. The molecule has 0 unspecified atom stereocenters. The third-order valence-corrected chi connectivity index (χ3v) is 2.12. The molecule has 1 aromatic carbocycles. The normalized spacial score (nSPS) is 10.5. The summed E-state index contributed by atoms with van der Waals surface area (Å²) in [7, 11) is 0. The van der Waals surface area contributed by atoms with E-state index < -0.39 is 0 Å². The van der Waals surface area contributed by atoms with E-state index in [4.69, 9.17) is 0 Å². The van der Waals surface area contributed by atoms with Crippen LogP contribution in [0.1, 0.15) is 13.8 Å². The summed E-state index contributed by atoms with van der Waals surface area (Å²) >= 11 is 3.30. The molecule has 0 aliphatic rings. The first-order valence-electron chi connectivity index (χ1n) is 4.28. The van der Waals surface area contributed by atoms with Gasteiger partial charge < -0.3 is 5.32 Å². The summed E-state index contributed by atoms with van der Waals surface area (Å²) < 4.78 is 14.0. The van der Waals surface area contributed by atoms with E-state index in [0.717, 1.165) is 11.0 Å². The molecule has 0 aliphatic carbocycles. The Bertz CT molecular complexity index is 286. The summed E-state index contributed by atoms with van der Waals surface area (Å²) in [5.74, 6) is 0.308. The predicted octanol–water partition coefficient (Wildman–Crippen LogP) is 3.66. The van der Waals surface area contributed by atoms with Gasteiger partial charge in [-0.05, 0) is 24.1 Å². The molecule has 1 rings (SSSR count). The summed E-state index contributed by atoms with van der Waals surface area (Å²) in [4.78, 5) is 0. The number of hydrogen-bond acceptors (Lipinski definition) is 1. The molecule has 0 fully saturated rings. The quantitative estimate of drug-likeness (QED) is 0.858. The summed E-state index contributed by atoms with van der Waals surface area (Å²) in [6.45, 7) is 4.96. The van der Waals surface area contributed by atoms with Gasteiger partial charge in [-0.15, -0.1) is 0 Å². The summed E-state index contributed by atoms with van der Waals surface area (Å²) in [6.07, 6.45) is 0. The second-order valence-corrected chi connectivity index (χ2v) is 4.31. The molecule has 0 bridgehead atoms. The summed E-state index contributed by atoms with van der Waals surface area (Å²) in [6, 6.07) is 4.89. The fourth-order valence-corrected chi connectivity index (χ4v) is 1.31. The average Bonchev–Trinajstić information content (AvgIpc) is 2.06. The van der Waals surface area contributed by atoms with Gasteiger partial charge in [0.15, 0.2) is 0 Å². The van der Waals surface area contributed by atoms with Crippen molar-refractivity contribution in [2.24, 2.45) is 5.92 Å². The van der Waals surface area contributed by atoms with Gasteiger partial charge in [0.05, 0.1) is 5.69 Å². The first-order valence-corrected chi connectivity index (χ1v) is 5.08. The number of halogens is 2. The lowest BCUT2D eigenvalue weighted by Crippen LogP contribution is -2.08. The molecule has 1 nitrogen and oxygen atoms in total. The predicted molar refractivity (Wildman–Crippen MR) is 57.4 cm³/mol. The molecule has 0 spiro atoms. The van der Waals surface area contributed by atoms with Gasteiger partial charge in [-0.1, -0.05) is 29.8 Å². The van der Waals surface area contributed by atoms with E-state index in [0.29, 0.717) is 11.6 Å². The van der Waals surface area contributed by atoms with Gasteiger partial charge in [-0.2, -0.15) is 0 Å². The van der Waals surface area contributed by atoms with Crippen molar-refractivity contribution in [3.8, 4) is 0 Å². The zero-order valence-electron chi connectivity index (χ0n) is 7.77. The monoisotopic (exact) mass is 245 g/mol. The van der Waals surface area contributed by atoms with Crippen molar-refractivity contribution in [3.63, 3.8) is 0 Å². The smallest absolute Gasteiger partial charge is 0.146 e.